The molecule has 0 unspecified atom stereocenters. The summed E-state index contributed by atoms with van der Waals surface area (Å²) < 4.78 is 33.5. The molecule has 0 bridgehead atoms. The minimum absolute atomic E-state index is 0.0145. The number of hydrogen-bond donors (Lipinski definition) is 3. The van der Waals surface area contributed by atoms with Crippen molar-refractivity contribution in [3.63, 3.8) is 0 Å². The molecule has 0 radical (unpaired) electrons. The van der Waals surface area contributed by atoms with E-state index in [1.807, 2.05) is 37.8 Å². The number of aliphatic hydroxyl groups is 1. The molecule has 3 N–H and O–H groups in total. The van der Waals surface area contributed by atoms with Crippen LogP contribution in [0.4, 0.5) is 8.78 Å². The number of halogens is 2. The van der Waals surface area contributed by atoms with Crippen LogP contribution in [0.5, 0.6) is 0 Å². The quantitative estimate of drug-likeness (QED) is 0.350. The summed E-state index contributed by atoms with van der Waals surface area (Å²) in [5.74, 6) is -1.54. The predicted molar refractivity (Wildman–Crippen MR) is 155 cm³/mol. The summed E-state index contributed by atoms with van der Waals surface area (Å²) >= 11 is 0. The minimum atomic E-state index is -1.09. The summed E-state index contributed by atoms with van der Waals surface area (Å²) in [6.45, 7) is 13.0. The van der Waals surface area contributed by atoms with Crippen LogP contribution < -0.4 is 10.6 Å². The van der Waals surface area contributed by atoms with Gasteiger partial charge in [0.25, 0.3) is 0 Å². The Morgan fingerprint density at radius 2 is 1.83 bits per heavy atom. The van der Waals surface area contributed by atoms with Crippen molar-refractivity contribution in [2.24, 2.45) is 0 Å². The second-order valence-electron chi connectivity index (χ2n) is 12.4. The van der Waals surface area contributed by atoms with E-state index in [4.69, 9.17) is 4.74 Å². The van der Waals surface area contributed by atoms with Crippen LogP contribution in [0.3, 0.4) is 0 Å². The zero-order valence-corrected chi connectivity index (χ0v) is 25.1. The maximum absolute atomic E-state index is 13.8. The van der Waals surface area contributed by atoms with Crippen LogP contribution in [-0.4, -0.2) is 65.8 Å². The van der Waals surface area contributed by atoms with Crippen molar-refractivity contribution in [2.45, 2.75) is 90.0 Å². The smallest absolute Gasteiger partial charge is 0.224 e. The van der Waals surface area contributed by atoms with Gasteiger partial charge in [0.05, 0.1) is 29.9 Å². The van der Waals surface area contributed by atoms with E-state index in [-0.39, 0.29) is 36.8 Å². The van der Waals surface area contributed by atoms with Gasteiger partial charge in [0.2, 0.25) is 11.8 Å². The molecule has 0 aliphatic carbocycles. The van der Waals surface area contributed by atoms with Crippen LogP contribution in [0, 0.1) is 11.6 Å². The van der Waals surface area contributed by atoms with Gasteiger partial charge in [-0.3, -0.25) is 9.59 Å². The van der Waals surface area contributed by atoms with Crippen molar-refractivity contribution in [2.75, 3.05) is 26.2 Å². The molecule has 0 spiro atoms. The molecule has 2 aromatic rings. The van der Waals surface area contributed by atoms with Crippen LogP contribution in [-0.2, 0) is 26.3 Å². The number of nitrogens with one attached hydrogen (secondary N) is 2. The fourth-order valence-electron chi connectivity index (χ4n) is 5.27. The number of nitrogens with zero attached hydrogens (tertiary/aromatic N) is 1. The van der Waals surface area contributed by atoms with Crippen molar-refractivity contribution < 1.29 is 28.2 Å². The lowest BCUT2D eigenvalue weighted by Crippen LogP contribution is -2.57. The maximum Gasteiger partial charge on any atom is 0.224 e. The average molecular weight is 574 g/mol. The Kier molecular flexibility index (Phi) is 11.0. The first-order valence-electron chi connectivity index (χ1n) is 14.3. The Balaban J connectivity index is 1.82. The van der Waals surface area contributed by atoms with Crippen LogP contribution in [0.15, 0.2) is 42.5 Å². The first-order chi connectivity index (χ1) is 19.2. The molecular weight excluding hydrogens is 528 g/mol. The van der Waals surface area contributed by atoms with Gasteiger partial charge < -0.3 is 25.4 Å². The summed E-state index contributed by atoms with van der Waals surface area (Å²) in [4.78, 5) is 27.2. The van der Waals surface area contributed by atoms with E-state index in [0.717, 1.165) is 17.2 Å². The third kappa shape index (κ3) is 9.58. The van der Waals surface area contributed by atoms with E-state index in [0.29, 0.717) is 37.6 Å². The Morgan fingerprint density at radius 1 is 1.15 bits per heavy atom. The first kappa shape index (κ1) is 32.6. The Labute approximate surface area is 242 Å². The number of carbonyl (C=O) groups is 2. The van der Waals surface area contributed by atoms with Gasteiger partial charge in [0.15, 0.2) is 0 Å². The zero-order chi connectivity index (χ0) is 30.4. The van der Waals surface area contributed by atoms with Crippen molar-refractivity contribution >= 4 is 11.8 Å². The molecule has 1 heterocycles. The maximum atomic E-state index is 13.8. The number of likely N-dealkylation sites (tertiary alicyclic amines) is 1. The molecule has 0 aromatic heterocycles. The number of ether oxygens (including phenoxy) is 1. The van der Waals surface area contributed by atoms with E-state index in [2.05, 4.69) is 36.6 Å². The number of rotatable bonds is 12. The Bertz CT molecular complexity index is 1180. The third-order valence-electron chi connectivity index (χ3n) is 7.50. The van der Waals surface area contributed by atoms with Gasteiger partial charge in [-0.05, 0) is 68.4 Å². The highest BCUT2D eigenvalue weighted by atomic mass is 19.1. The summed E-state index contributed by atoms with van der Waals surface area (Å²) in [5, 5.41) is 17.4. The number of hydrogen-bond acceptors (Lipinski definition) is 5. The first-order valence-corrected chi connectivity index (χ1v) is 14.3. The molecule has 0 saturated carbocycles. The molecule has 2 aromatic carbocycles. The molecule has 1 fully saturated rings. The molecule has 1 aliphatic heterocycles. The van der Waals surface area contributed by atoms with Crippen LogP contribution in [0.1, 0.15) is 77.0 Å². The van der Waals surface area contributed by atoms with Gasteiger partial charge >= 0.3 is 0 Å². The van der Waals surface area contributed by atoms with Crippen molar-refractivity contribution in [3.8, 4) is 0 Å². The van der Waals surface area contributed by atoms with Crippen LogP contribution in [0.25, 0.3) is 0 Å². The lowest BCUT2D eigenvalue weighted by molar-refractivity contribution is -0.138. The zero-order valence-electron chi connectivity index (χ0n) is 25.1. The van der Waals surface area contributed by atoms with Crippen LogP contribution in [0.2, 0.25) is 0 Å². The molecule has 226 valence electrons. The monoisotopic (exact) mass is 573 g/mol. The Hall–Kier alpha value is -2.88. The molecular formula is C32H45F2N3O4. The molecule has 1 aliphatic rings. The standard InChI is InChI=1S/C32H45F2N3O4/c1-21(2)24-8-7-9-25(17-24)32(10-11-37(30(40)19-32)12-13-41-31(4,5)6)35-20-29(39)28(36-22(3)38)16-23-14-26(33)18-27(34)15-23/h7-9,14-15,17-18,21,28-29,35,39H,10-13,16,19-20H2,1-6H3,(H,36,38)/t28-,29+,32+/m0/s1. The fourth-order valence-corrected chi connectivity index (χ4v) is 5.27. The third-order valence-corrected chi connectivity index (χ3v) is 7.50. The number of carbonyl (C=O) groups excluding carboxylic acids is 2. The van der Waals surface area contributed by atoms with Gasteiger partial charge in [0.1, 0.15) is 11.6 Å². The molecule has 9 heteroatoms. The SMILES string of the molecule is CC(=O)N[C@@H](Cc1cc(F)cc(F)c1)[C@H](O)CN[C@]1(c2cccc(C(C)C)c2)CCN(CCOC(C)(C)C)C(=O)C1. The van der Waals surface area contributed by atoms with Crippen molar-refractivity contribution in [1.29, 1.82) is 0 Å². The van der Waals surface area contributed by atoms with Gasteiger partial charge in [-0.25, -0.2) is 8.78 Å². The lowest BCUT2D eigenvalue weighted by Gasteiger charge is -2.43. The molecule has 2 amide bonds. The average Bonchev–Trinajstić information content (AvgIpc) is 2.86. The number of amides is 2. The lowest BCUT2D eigenvalue weighted by atomic mass is 9.79. The van der Waals surface area contributed by atoms with Gasteiger partial charge in [0, 0.05) is 39.0 Å². The fraction of sp³-hybridized carbons (Fsp3) is 0.562. The number of piperidine rings is 1. The molecule has 41 heavy (non-hydrogen) atoms. The highest BCUT2D eigenvalue weighted by molar-refractivity contribution is 5.79. The van der Waals surface area contributed by atoms with Gasteiger partial charge in [-0.1, -0.05) is 38.1 Å². The van der Waals surface area contributed by atoms with Crippen LogP contribution >= 0.6 is 0 Å². The molecule has 3 atom stereocenters. The highest BCUT2D eigenvalue weighted by Gasteiger charge is 2.41. The largest absolute Gasteiger partial charge is 0.390 e. The summed E-state index contributed by atoms with van der Waals surface area (Å²) in [5.41, 5.74) is 1.38. The second-order valence-corrected chi connectivity index (χ2v) is 12.4. The number of aliphatic hydroxyl groups excluding tert-OH is 1. The molecule has 3 rings (SSSR count). The normalized spacial score (nSPS) is 19.4. The van der Waals surface area contributed by atoms with Gasteiger partial charge in [-0.2, -0.15) is 0 Å². The van der Waals surface area contributed by atoms with E-state index in [1.54, 1.807) is 0 Å². The predicted octanol–water partition coefficient (Wildman–Crippen LogP) is 4.42. The summed E-state index contributed by atoms with van der Waals surface area (Å²) in [7, 11) is 0. The molecule has 7 nitrogen and oxygen atoms in total. The van der Waals surface area contributed by atoms with Crippen molar-refractivity contribution in [3.05, 3.63) is 70.8 Å². The minimum Gasteiger partial charge on any atom is -0.390 e. The second kappa shape index (κ2) is 13.9. The van der Waals surface area contributed by atoms with E-state index in [9.17, 15) is 23.5 Å². The molecule has 1 saturated heterocycles. The topological polar surface area (TPSA) is 90.9 Å². The highest BCUT2D eigenvalue weighted by Crippen LogP contribution is 2.35. The summed E-state index contributed by atoms with van der Waals surface area (Å²) in [6.07, 6.45) is -0.254. The van der Waals surface area contributed by atoms with E-state index in [1.165, 1.54) is 19.1 Å². The summed E-state index contributed by atoms with van der Waals surface area (Å²) in [6, 6.07) is 10.5. The van der Waals surface area contributed by atoms with E-state index >= 15 is 0 Å². The number of benzene rings is 2. The van der Waals surface area contributed by atoms with E-state index < -0.39 is 29.3 Å². The Morgan fingerprint density at radius 3 is 2.41 bits per heavy atom. The van der Waals surface area contributed by atoms with Crippen molar-refractivity contribution in [1.82, 2.24) is 15.5 Å². The van der Waals surface area contributed by atoms with Gasteiger partial charge in [-0.15, -0.1) is 0 Å².